The first-order valence-electron chi connectivity index (χ1n) is 9.73. The Hall–Kier alpha value is -2.91. The third-order valence-corrected chi connectivity index (χ3v) is 4.57. The van der Waals surface area contributed by atoms with Gasteiger partial charge in [0, 0.05) is 38.0 Å². The van der Waals surface area contributed by atoms with Gasteiger partial charge in [0.1, 0.15) is 0 Å². The van der Waals surface area contributed by atoms with E-state index in [2.05, 4.69) is 15.3 Å². The molecule has 2 heterocycles. The molecule has 1 N–H and O–H groups in total. The lowest BCUT2D eigenvalue weighted by molar-refractivity contribution is 0.139. The van der Waals surface area contributed by atoms with Gasteiger partial charge in [0.05, 0.1) is 12.1 Å². The van der Waals surface area contributed by atoms with Gasteiger partial charge in [-0.25, -0.2) is 18.7 Å². The van der Waals surface area contributed by atoms with E-state index in [0.29, 0.717) is 48.6 Å². The van der Waals surface area contributed by atoms with Crippen molar-refractivity contribution in [2.24, 2.45) is 0 Å². The Morgan fingerprint density at radius 1 is 1.17 bits per heavy atom. The SMILES string of the molecule is CCOCCn1c(=O)c(NCCN(C)C)nc2ncc(-c3ccc(F)c(F)c3)cc21. The number of benzene rings is 1. The topological polar surface area (TPSA) is 72.3 Å². The smallest absolute Gasteiger partial charge is 0.293 e. The third-order valence-electron chi connectivity index (χ3n) is 4.57. The van der Waals surface area contributed by atoms with E-state index in [1.807, 2.05) is 25.9 Å². The van der Waals surface area contributed by atoms with Crippen LogP contribution in [0.5, 0.6) is 0 Å². The Balaban J connectivity index is 2.06. The van der Waals surface area contributed by atoms with E-state index < -0.39 is 11.6 Å². The van der Waals surface area contributed by atoms with Crippen LogP contribution in [-0.2, 0) is 11.3 Å². The minimum absolute atomic E-state index is 0.217. The Labute approximate surface area is 173 Å². The van der Waals surface area contributed by atoms with Crippen LogP contribution in [0, 0.1) is 11.6 Å². The van der Waals surface area contributed by atoms with Crippen molar-refractivity contribution in [1.82, 2.24) is 19.4 Å². The number of rotatable bonds is 9. The first-order chi connectivity index (χ1) is 14.4. The molecule has 0 aliphatic rings. The first-order valence-corrected chi connectivity index (χ1v) is 9.73. The maximum Gasteiger partial charge on any atom is 0.293 e. The van der Waals surface area contributed by atoms with E-state index in [1.165, 1.54) is 12.3 Å². The number of halogens is 2. The van der Waals surface area contributed by atoms with Crippen LogP contribution in [0.3, 0.4) is 0 Å². The fourth-order valence-corrected chi connectivity index (χ4v) is 2.99. The van der Waals surface area contributed by atoms with Crippen LogP contribution in [0.4, 0.5) is 14.6 Å². The van der Waals surface area contributed by atoms with Gasteiger partial charge in [0.15, 0.2) is 23.1 Å². The molecule has 0 fully saturated rings. The van der Waals surface area contributed by atoms with Gasteiger partial charge in [0.2, 0.25) is 0 Å². The molecule has 0 aliphatic heterocycles. The molecule has 0 saturated carbocycles. The van der Waals surface area contributed by atoms with Crippen LogP contribution in [0.1, 0.15) is 6.92 Å². The number of ether oxygens (including phenoxy) is 1. The Morgan fingerprint density at radius 3 is 2.67 bits per heavy atom. The van der Waals surface area contributed by atoms with Gasteiger partial charge in [-0.1, -0.05) is 6.07 Å². The number of hydrogen-bond donors (Lipinski definition) is 1. The normalized spacial score (nSPS) is 11.4. The molecule has 0 atom stereocenters. The van der Waals surface area contributed by atoms with Crippen molar-refractivity contribution < 1.29 is 13.5 Å². The second-order valence-electron chi connectivity index (χ2n) is 7.04. The average molecular weight is 417 g/mol. The van der Waals surface area contributed by atoms with Gasteiger partial charge >= 0.3 is 0 Å². The number of nitrogens with zero attached hydrogens (tertiary/aromatic N) is 4. The van der Waals surface area contributed by atoms with Crippen molar-refractivity contribution in [3.63, 3.8) is 0 Å². The summed E-state index contributed by atoms with van der Waals surface area (Å²) in [6, 6.07) is 5.34. The van der Waals surface area contributed by atoms with Crippen molar-refractivity contribution in [1.29, 1.82) is 0 Å². The van der Waals surface area contributed by atoms with E-state index in [4.69, 9.17) is 4.74 Å². The summed E-state index contributed by atoms with van der Waals surface area (Å²) in [6.07, 6.45) is 1.53. The first kappa shape index (κ1) is 21.8. The molecule has 30 heavy (non-hydrogen) atoms. The quantitative estimate of drug-likeness (QED) is 0.540. The molecule has 3 rings (SSSR count). The van der Waals surface area contributed by atoms with Crippen LogP contribution < -0.4 is 10.9 Å². The summed E-state index contributed by atoms with van der Waals surface area (Å²) in [5.74, 6) is -1.65. The summed E-state index contributed by atoms with van der Waals surface area (Å²) in [4.78, 5) is 23.8. The predicted molar refractivity (Wildman–Crippen MR) is 113 cm³/mol. The summed E-state index contributed by atoms with van der Waals surface area (Å²) < 4.78 is 33.9. The molecule has 3 aromatic rings. The summed E-state index contributed by atoms with van der Waals surface area (Å²) in [6.45, 7) is 4.37. The summed E-state index contributed by atoms with van der Waals surface area (Å²) >= 11 is 0. The summed E-state index contributed by atoms with van der Waals surface area (Å²) in [5, 5.41) is 3.07. The van der Waals surface area contributed by atoms with Gasteiger partial charge < -0.3 is 15.0 Å². The lowest BCUT2D eigenvalue weighted by Gasteiger charge is -2.15. The molecule has 9 heteroatoms. The molecule has 0 aliphatic carbocycles. The number of fused-ring (bicyclic) bond motifs is 1. The van der Waals surface area contributed by atoms with E-state index in [9.17, 15) is 13.6 Å². The van der Waals surface area contributed by atoms with Crippen LogP contribution in [0.15, 0.2) is 35.3 Å². The molecule has 160 valence electrons. The lowest BCUT2D eigenvalue weighted by atomic mass is 10.1. The maximum atomic E-state index is 13.7. The second kappa shape index (κ2) is 9.73. The number of nitrogens with one attached hydrogen (secondary N) is 1. The number of pyridine rings is 1. The van der Waals surface area contributed by atoms with Crippen LogP contribution >= 0.6 is 0 Å². The summed E-state index contributed by atoms with van der Waals surface area (Å²) in [7, 11) is 3.88. The molecule has 7 nitrogen and oxygen atoms in total. The van der Waals surface area contributed by atoms with E-state index >= 15 is 0 Å². The van der Waals surface area contributed by atoms with Crippen molar-refractivity contribution >= 4 is 17.0 Å². The number of hydrogen-bond acceptors (Lipinski definition) is 6. The fraction of sp³-hybridized carbons (Fsp3) is 0.381. The third kappa shape index (κ3) is 4.98. The minimum atomic E-state index is -0.945. The molecule has 0 spiro atoms. The Kier molecular flexibility index (Phi) is 7.07. The van der Waals surface area contributed by atoms with Crippen LogP contribution in [-0.4, -0.2) is 59.8 Å². The number of aromatic nitrogens is 3. The fourth-order valence-electron chi connectivity index (χ4n) is 2.99. The largest absolute Gasteiger partial charge is 0.380 e. The number of anilines is 1. The Morgan fingerprint density at radius 2 is 1.97 bits per heavy atom. The highest BCUT2D eigenvalue weighted by Crippen LogP contribution is 2.24. The molecule has 1 aromatic carbocycles. The van der Waals surface area contributed by atoms with Crippen molar-refractivity contribution in [2.75, 3.05) is 45.7 Å². The molecule has 0 saturated heterocycles. The van der Waals surface area contributed by atoms with E-state index in [1.54, 1.807) is 10.6 Å². The van der Waals surface area contributed by atoms with Crippen LogP contribution in [0.25, 0.3) is 22.3 Å². The van der Waals surface area contributed by atoms with Gasteiger partial charge in [0.25, 0.3) is 5.56 Å². The standard InChI is InChI=1S/C21H25F2N5O2/c1-4-30-10-9-28-18-12-15(14-5-6-16(22)17(23)11-14)13-25-19(18)26-20(21(28)29)24-7-8-27(2)3/h5-6,11-13H,4,7-10H2,1-3H3,(H,24,25,26). The molecule has 2 aromatic heterocycles. The zero-order valence-corrected chi connectivity index (χ0v) is 17.3. The monoisotopic (exact) mass is 417 g/mol. The zero-order chi connectivity index (χ0) is 21.7. The zero-order valence-electron chi connectivity index (χ0n) is 17.3. The second-order valence-corrected chi connectivity index (χ2v) is 7.04. The highest BCUT2D eigenvalue weighted by Gasteiger charge is 2.14. The van der Waals surface area contributed by atoms with Crippen LogP contribution in [0.2, 0.25) is 0 Å². The van der Waals surface area contributed by atoms with E-state index in [-0.39, 0.29) is 11.4 Å². The van der Waals surface area contributed by atoms with E-state index in [0.717, 1.165) is 18.7 Å². The van der Waals surface area contributed by atoms with Gasteiger partial charge in [-0.2, -0.15) is 0 Å². The summed E-state index contributed by atoms with van der Waals surface area (Å²) in [5.41, 5.74) is 1.61. The lowest BCUT2D eigenvalue weighted by Crippen LogP contribution is -2.29. The predicted octanol–water partition coefficient (Wildman–Crippen LogP) is 2.75. The molecule has 0 radical (unpaired) electrons. The molecular formula is C21H25F2N5O2. The number of likely N-dealkylation sites (N-methyl/N-ethyl adjacent to an activating group) is 1. The molecular weight excluding hydrogens is 392 g/mol. The van der Waals surface area contributed by atoms with Crippen molar-refractivity contribution in [3.8, 4) is 11.1 Å². The minimum Gasteiger partial charge on any atom is -0.380 e. The average Bonchev–Trinajstić information content (AvgIpc) is 2.72. The highest BCUT2D eigenvalue weighted by atomic mass is 19.2. The Bertz CT molecular complexity index is 1080. The van der Waals surface area contributed by atoms with Gasteiger partial charge in [-0.3, -0.25) is 9.36 Å². The molecule has 0 amide bonds. The van der Waals surface area contributed by atoms with Crippen molar-refractivity contribution in [2.45, 2.75) is 13.5 Å². The maximum absolute atomic E-state index is 13.7. The van der Waals surface area contributed by atoms with Crippen molar-refractivity contribution in [3.05, 3.63) is 52.5 Å². The highest BCUT2D eigenvalue weighted by molar-refractivity contribution is 5.79. The molecule has 0 unspecified atom stereocenters. The van der Waals surface area contributed by atoms with Gasteiger partial charge in [-0.15, -0.1) is 0 Å². The molecule has 0 bridgehead atoms. The van der Waals surface area contributed by atoms with Gasteiger partial charge in [-0.05, 0) is 44.8 Å².